The Morgan fingerprint density at radius 2 is 1.95 bits per heavy atom. The molecule has 0 bridgehead atoms. The van der Waals surface area contributed by atoms with Gasteiger partial charge in [0.25, 0.3) is 15.2 Å². The summed E-state index contributed by atoms with van der Waals surface area (Å²) in [6.45, 7) is 2.19. The molecule has 0 radical (unpaired) electrons. The number of sulfonamides is 1. The predicted octanol–water partition coefficient (Wildman–Crippen LogP) is 4.77. The molecule has 3 aromatic rings. The van der Waals surface area contributed by atoms with Gasteiger partial charge < -0.3 is 9.74 Å². The molecule has 0 spiro atoms. The zero-order valence-corrected chi connectivity index (χ0v) is 22.7. The van der Waals surface area contributed by atoms with Crippen LogP contribution in [0.1, 0.15) is 12.0 Å². The van der Waals surface area contributed by atoms with E-state index < -0.39 is 32.2 Å². The minimum absolute atomic E-state index is 0.0393. The Bertz CT molecular complexity index is 1410. The van der Waals surface area contributed by atoms with Crippen molar-refractivity contribution in [3.8, 4) is 0 Å². The van der Waals surface area contributed by atoms with Crippen LogP contribution in [0.2, 0.25) is 10.0 Å². The van der Waals surface area contributed by atoms with Crippen molar-refractivity contribution in [2.75, 3.05) is 29.5 Å². The molecule has 0 unspecified atom stereocenters. The standard InChI is InChI=1S/C22H20Cl2F3N5O4S2/c1-30(15-8-9-31(12-15)11-14-4-2-3-5-17(14)23)19-7-6-16(10-18(19)24)38(34,35)32(21-28-13-29-37-21)36-20(33)22(25,26)27/h2-7,10,13,15H,8-9,11-12H2,1H3/t15-/m0/s1. The highest BCUT2D eigenvalue weighted by molar-refractivity contribution is 7.92. The summed E-state index contributed by atoms with van der Waals surface area (Å²) >= 11 is 13.1. The monoisotopic (exact) mass is 609 g/mol. The second kappa shape index (κ2) is 11.2. The molecule has 204 valence electrons. The van der Waals surface area contributed by atoms with Crippen molar-refractivity contribution in [2.24, 2.45) is 0 Å². The van der Waals surface area contributed by atoms with E-state index in [4.69, 9.17) is 23.2 Å². The predicted molar refractivity (Wildman–Crippen MR) is 137 cm³/mol. The van der Waals surface area contributed by atoms with Crippen molar-refractivity contribution in [1.29, 1.82) is 0 Å². The number of benzene rings is 2. The van der Waals surface area contributed by atoms with Crippen molar-refractivity contribution in [2.45, 2.75) is 30.1 Å². The maximum absolute atomic E-state index is 13.2. The van der Waals surface area contributed by atoms with Crippen molar-refractivity contribution in [3.05, 3.63) is 64.4 Å². The summed E-state index contributed by atoms with van der Waals surface area (Å²) in [7, 11) is -3.02. The van der Waals surface area contributed by atoms with Crippen LogP contribution in [-0.2, 0) is 26.2 Å². The summed E-state index contributed by atoms with van der Waals surface area (Å²) in [5.74, 6) is -2.73. The summed E-state index contributed by atoms with van der Waals surface area (Å²) in [4.78, 5) is 22.8. The summed E-state index contributed by atoms with van der Waals surface area (Å²) in [5, 5.41) is 0.134. The topological polar surface area (TPSA) is 95.9 Å². The Balaban J connectivity index is 1.52. The van der Waals surface area contributed by atoms with Gasteiger partial charge in [0.05, 0.1) is 15.6 Å². The Morgan fingerprint density at radius 1 is 1.21 bits per heavy atom. The van der Waals surface area contributed by atoms with Gasteiger partial charge in [0.1, 0.15) is 6.33 Å². The molecule has 9 nitrogen and oxygen atoms in total. The first-order chi connectivity index (χ1) is 17.9. The number of likely N-dealkylation sites (N-methyl/N-ethyl adjacent to an activating group) is 1. The molecule has 0 amide bonds. The van der Waals surface area contributed by atoms with E-state index in [9.17, 15) is 26.4 Å². The van der Waals surface area contributed by atoms with Crippen LogP contribution >= 0.6 is 34.7 Å². The second-order valence-corrected chi connectivity index (χ2v) is 11.7. The molecule has 1 aliphatic heterocycles. The van der Waals surface area contributed by atoms with Crippen LogP contribution < -0.4 is 9.37 Å². The van der Waals surface area contributed by atoms with E-state index in [0.717, 1.165) is 30.9 Å². The molecule has 1 saturated heterocycles. The van der Waals surface area contributed by atoms with Crippen LogP contribution in [0, 0.1) is 0 Å². The number of hydrogen-bond donors (Lipinski definition) is 0. The smallest absolute Gasteiger partial charge is 0.369 e. The first-order valence-corrected chi connectivity index (χ1v) is 13.9. The lowest BCUT2D eigenvalue weighted by atomic mass is 10.2. The first kappa shape index (κ1) is 28.4. The first-order valence-electron chi connectivity index (χ1n) is 11.0. The third-order valence-electron chi connectivity index (χ3n) is 5.87. The van der Waals surface area contributed by atoms with E-state index in [1.54, 1.807) is 0 Å². The molecule has 4 rings (SSSR count). The number of nitrogens with zero attached hydrogens (tertiary/aromatic N) is 5. The molecule has 0 N–H and O–H groups in total. The van der Waals surface area contributed by atoms with Gasteiger partial charge in [-0.3, -0.25) is 4.90 Å². The Kier molecular flexibility index (Phi) is 8.37. The number of hydrogen-bond acceptors (Lipinski definition) is 9. The lowest BCUT2D eigenvalue weighted by Crippen LogP contribution is -2.38. The molecule has 0 aliphatic carbocycles. The van der Waals surface area contributed by atoms with Gasteiger partial charge in [-0.15, -0.1) is 0 Å². The second-order valence-electron chi connectivity index (χ2n) is 8.33. The molecular weight excluding hydrogens is 590 g/mol. The molecule has 1 atom stereocenters. The van der Waals surface area contributed by atoms with Gasteiger partial charge in [-0.25, -0.2) is 9.78 Å². The zero-order valence-electron chi connectivity index (χ0n) is 19.6. The highest BCUT2D eigenvalue weighted by Gasteiger charge is 2.45. The lowest BCUT2D eigenvalue weighted by Gasteiger charge is -2.28. The number of carbonyl (C=O) groups excluding carboxylic acids is 1. The van der Waals surface area contributed by atoms with Crippen molar-refractivity contribution < 1.29 is 31.2 Å². The lowest BCUT2D eigenvalue weighted by molar-refractivity contribution is -0.199. The number of aromatic nitrogens is 2. The van der Waals surface area contributed by atoms with Gasteiger partial charge >= 0.3 is 12.1 Å². The average molecular weight is 610 g/mol. The van der Waals surface area contributed by atoms with Gasteiger partial charge in [0.2, 0.25) is 0 Å². The number of likely N-dealkylation sites (tertiary alicyclic amines) is 1. The number of carbonyl (C=O) groups is 1. The molecule has 1 aliphatic rings. The third kappa shape index (κ3) is 6.15. The van der Waals surface area contributed by atoms with E-state index in [1.165, 1.54) is 12.1 Å². The quantitative estimate of drug-likeness (QED) is 0.337. The molecule has 16 heteroatoms. The van der Waals surface area contributed by atoms with E-state index in [-0.39, 0.29) is 15.5 Å². The van der Waals surface area contributed by atoms with Gasteiger partial charge in [0, 0.05) is 49.3 Å². The zero-order chi connectivity index (χ0) is 27.7. The minimum Gasteiger partial charge on any atom is -0.369 e. The SMILES string of the molecule is CN(c1ccc(S(=O)(=O)N(OC(=O)C(F)(F)F)c2ncns2)cc1Cl)[C@H]1CCN(Cc2ccccc2Cl)C1. The third-order valence-corrected chi connectivity index (χ3v) is 8.82. The van der Waals surface area contributed by atoms with Gasteiger partial charge in [-0.05, 0) is 36.2 Å². The van der Waals surface area contributed by atoms with Gasteiger partial charge in [-0.1, -0.05) is 45.9 Å². The Labute approximate surface area is 230 Å². The van der Waals surface area contributed by atoms with Crippen LogP contribution in [0.5, 0.6) is 0 Å². The van der Waals surface area contributed by atoms with Crippen molar-refractivity contribution in [1.82, 2.24) is 14.3 Å². The molecule has 38 heavy (non-hydrogen) atoms. The largest absolute Gasteiger partial charge is 0.493 e. The van der Waals surface area contributed by atoms with Gasteiger partial charge in [-0.2, -0.15) is 26.0 Å². The normalized spacial score (nSPS) is 16.4. The van der Waals surface area contributed by atoms with Crippen LogP contribution in [0.3, 0.4) is 0 Å². The number of halogens is 5. The average Bonchev–Trinajstić information content (AvgIpc) is 3.55. The fourth-order valence-electron chi connectivity index (χ4n) is 3.93. The van der Waals surface area contributed by atoms with E-state index in [0.29, 0.717) is 35.3 Å². The highest BCUT2D eigenvalue weighted by Crippen LogP contribution is 2.34. The summed E-state index contributed by atoms with van der Waals surface area (Å²) < 4.78 is 68.1. The Hall–Kier alpha value is -2.65. The van der Waals surface area contributed by atoms with Crippen molar-refractivity contribution in [3.63, 3.8) is 0 Å². The highest BCUT2D eigenvalue weighted by atomic mass is 35.5. The van der Waals surface area contributed by atoms with Crippen LogP contribution in [0.25, 0.3) is 0 Å². The fraction of sp³-hybridized carbons (Fsp3) is 0.318. The maximum atomic E-state index is 13.2. The number of anilines is 2. The summed E-state index contributed by atoms with van der Waals surface area (Å²) in [6.07, 6.45) is -3.72. The molecule has 0 saturated carbocycles. The summed E-state index contributed by atoms with van der Waals surface area (Å²) in [6, 6.07) is 11.3. The minimum atomic E-state index is -5.44. The molecule has 2 aromatic carbocycles. The van der Waals surface area contributed by atoms with Gasteiger partial charge in [0.15, 0.2) is 0 Å². The number of alkyl halides is 3. The van der Waals surface area contributed by atoms with E-state index in [1.807, 2.05) is 36.2 Å². The fourth-order valence-corrected chi connectivity index (χ4v) is 6.40. The summed E-state index contributed by atoms with van der Waals surface area (Å²) in [5.41, 5.74) is 1.53. The Morgan fingerprint density at radius 3 is 2.58 bits per heavy atom. The molecule has 2 heterocycles. The number of rotatable bonds is 8. The molecule has 1 aromatic heterocycles. The van der Waals surface area contributed by atoms with Crippen LogP contribution in [0.4, 0.5) is 24.0 Å². The van der Waals surface area contributed by atoms with Crippen LogP contribution in [0.15, 0.2) is 53.7 Å². The molecular formula is C22H20Cl2F3N5O4S2. The van der Waals surface area contributed by atoms with E-state index in [2.05, 4.69) is 19.1 Å². The van der Waals surface area contributed by atoms with E-state index >= 15 is 0 Å². The van der Waals surface area contributed by atoms with Crippen LogP contribution in [-0.4, -0.2) is 61.0 Å². The molecule has 1 fully saturated rings. The van der Waals surface area contributed by atoms with Crippen molar-refractivity contribution >= 4 is 61.5 Å². The maximum Gasteiger partial charge on any atom is 0.493 e.